The zero-order valence-electron chi connectivity index (χ0n) is 16.2. The van der Waals surface area contributed by atoms with Crippen LogP contribution in [0, 0.1) is 5.82 Å². The van der Waals surface area contributed by atoms with Crippen molar-refractivity contribution in [1.29, 1.82) is 0 Å². The second-order valence-electron chi connectivity index (χ2n) is 6.79. The third-order valence-corrected chi connectivity index (χ3v) is 4.67. The van der Waals surface area contributed by atoms with Gasteiger partial charge >= 0.3 is 6.18 Å². The first-order chi connectivity index (χ1) is 14.8. The van der Waals surface area contributed by atoms with Crippen molar-refractivity contribution in [2.75, 3.05) is 0 Å². The Morgan fingerprint density at radius 1 is 0.968 bits per heavy atom. The van der Waals surface area contributed by atoms with Gasteiger partial charge < -0.3 is 4.74 Å². The summed E-state index contributed by atoms with van der Waals surface area (Å²) in [5.41, 5.74) is 1.43. The van der Waals surface area contributed by atoms with E-state index in [-0.39, 0.29) is 11.3 Å². The fraction of sp³-hybridized carbons (Fsp3) is 0.136. The summed E-state index contributed by atoms with van der Waals surface area (Å²) < 4.78 is 59.2. The number of rotatable bonds is 5. The summed E-state index contributed by atoms with van der Waals surface area (Å²) >= 11 is 0. The maximum atomic E-state index is 14.4. The molecule has 0 aliphatic carbocycles. The molecule has 0 aliphatic heterocycles. The van der Waals surface area contributed by atoms with Gasteiger partial charge in [0.25, 0.3) is 0 Å². The first kappa shape index (κ1) is 20.5. The average molecular weight is 428 g/mol. The van der Waals surface area contributed by atoms with E-state index in [1.165, 1.54) is 31.3 Å². The van der Waals surface area contributed by atoms with Gasteiger partial charge in [0, 0.05) is 22.9 Å². The molecule has 2 aromatic carbocycles. The van der Waals surface area contributed by atoms with Crippen molar-refractivity contribution in [2.45, 2.75) is 19.2 Å². The van der Waals surface area contributed by atoms with Crippen molar-refractivity contribution >= 4 is 0 Å². The van der Waals surface area contributed by atoms with Gasteiger partial charge in [-0.2, -0.15) is 28.5 Å². The predicted molar refractivity (Wildman–Crippen MR) is 105 cm³/mol. The van der Waals surface area contributed by atoms with Crippen molar-refractivity contribution in [2.24, 2.45) is 0 Å². The van der Waals surface area contributed by atoms with Crippen molar-refractivity contribution in [3.05, 3.63) is 84.1 Å². The largest absolute Gasteiger partial charge is 0.483 e. The van der Waals surface area contributed by atoms with Crippen LogP contribution in [-0.2, 0) is 6.18 Å². The molecule has 0 radical (unpaired) electrons. The zero-order chi connectivity index (χ0) is 22.0. The van der Waals surface area contributed by atoms with Crippen LogP contribution in [0.15, 0.2) is 67.0 Å². The van der Waals surface area contributed by atoms with Gasteiger partial charge in [-0.15, -0.1) is 0 Å². The van der Waals surface area contributed by atoms with Crippen LogP contribution in [0.4, 0.5) is 17.6 Å². The van der Waals surface area contributed by atoms with E-state index in [1.54, 1.807) is 6.07 Å². The SMILES string of the molecule is CC(Oc1cc(-c2cnnc(-c3ccccc3)c2)ccc1F)c1c[nH]nc1C(F)(F)F. The molecule has 0 fully saturated rings. The molecule has 1 unspecified atom stereocenters. The molecule has 0 spiro atoms. The van der Waals surface area contributed by atoms with Crippen LogP contribution in [0.1, 0.15) is 24.3 Å². The van der Waals surface area contributed by atoms with E-state index in [1.807, 2.05) is 30.3 Å². The van der Waals surface area contributed by atoms with Crippen LogP contribution in [0.25, 0.3) is 22.4 Å². The number of halogens is 4. The molecule has 5 nitrogen and oxygen atoms in total. The number of aromatic amines is 1. The van der Waals surface area contributed by atoms with Crippen molar-refractivity contribution in [1.82, 2.24) is 20.4 Å². The first-order valence-electron chi connectivity index (χ1n) is 9.28. The molecule has 1 N–H and O–H groups in total. The lowest BCUT2D eigenvalue weighted by atomic mass is 10.0. The number of ether oxygens (including phenoxy) is 1. The summed E-state index contributed by atoms with van der Waals surface area (Å²) in [4.78, 5) is 0. The summed E-state index contributed by atoms with van der Waals surface area (Å²) in [5.74, 6) is -0.879. The van der Waals surface area contributed by atoms with Gasteiger partial charge in [-0.05, 0) is 30.7 Å². The second-order valence-corrected chi connectivity index (χ2v) is 6.79. The van der Waals surface area contributed by atoms with E-state index in [9.17, 15) is 17.6 Å². The number of hydrogen-bond acceptors (Lipinski definition) is 4. The Hall–Kier alpha value is -3.75. The van der Waals surface area contributed by atoms with E-state index in [0.29, 0.717) is 16.8 Å². The van der Waals surface area contributed by atoms with Crippen molar-refractivity contribution in [3.8, 4) is 28.1 Å². The minimum Gasteiger partial charge on any atom is -0.483 e. The Balaban J connectivity index is 1.64. The molecule has 0 saturated carbocycles. The van der Waals surface area contributed by atoms with Crippen LogP contribution in [0.2, 0.25) is 0 Å². The number of aromatic nitrogens is 4. The molecule has 4 rings (SSSR count). The third-order valence-electron chi connectivity index (χ3n) is 4.67. The van der Waals surface area contributed by atoms with Gasteiger partial charge in [0.1, 0.15) is 6.10 Å². The second kappa shape index (κ2) is 8.17. The fourth-order valence-electron chi connectivity index (χ4n) is 3.14. The van der Waals surface area contributed by atoms with Gasteiger partial charge in [0.2, 0.25) is 0 Å². The van der Waals surface area contributed by atoms with Gasteiger partial charge in [-0.3, -0.25) is 5.10 Å². The minimum absolute atomic E-state index is 0.183. The van der Waals surface area contributed by atoms with Gasteiger partial charge in [-0.25, -0.2) is 4.39 Å². The van der Waals surface area contributed by atoms with Crippen LogP contribution in [-0.4, -0.2) is 20.4 Å². The molecule has 4 aromatic rings. The normalized spacial score (nSPS) is 12.5. The molecular formula is C22H16F4N4O. The first-order valence-corrected chi connectivity index (χ1v) is 9.28. The van der Waals surface area contributed by atoms with E-state index in [4.69, 9.17) is 4.74 Å². The Bertz CT molecular complexity index is 1190. The Morgan fingerprint density at radius 2 is 1.74 bits per heavy atom. The van der Waals surface area contributed by atoms with E-state index >= 15 is 0 Å². The highest BCUT2D eigenvalue weighted by Gasteiger charge is 2.38. The fourth-order valence-corrected chi connectivity index (χ4v) is 3.14. The molecule has 2 heterocycles. The topological polar surface area (TPSA) is 63.7 Å². The number of alkyl halides is 3. The lowest BCUT2D eigenvalue weighted by molar-refractivity contribution is -0.142. The third kappa shape index (κ3) is 4.40. The van der Waals surface area contributed by atoms with Crippen LogP contribution >= 0.6 is 0 Å². The molecule has 0 saturated heterocycles. The summed E-state index contributed by atoms with van der Waals surface area (Å²) in [5, 5.41) is 13.5. The molecule has 0 amide bonds. The Kier molecular flexibility index (Phi) is 5.41. The molecule has 9 heteroatoms. The monoisotopic (exact) mass is 428 g/mol. The van der Waals surface area contributed by atoms with Gasteiger partial charge in [0.15, 0.2) is 17.3 Å². The predicted octanol–water partition coefficient (Wildman–Crippen LogP) is 5.83. The summed E-state index contributed by atoms with van der Waals surface area (Å²) in [6, 6.07) is 15.4. The molecule has 1 atom stereocenters. The smallest absolute Gasteiger partial charge is 0.435 e. The van der Waals surface area contributed by atoms with E-state index in [0.717, 1.165) is 11.8 Å². The summed E-state index contributed by atoms with van der Waals surface area (Å²) in [6.07, 6.45) is -3.13. The van der Waals surface area contributed by atoms with E-state index in [2.05, 4.69) is 20.4 Å². The number of H-pyrrole nitrogens is 1. The highest BCUT2D eigenvalue weighted by atomic mass is 19.4. The number of nitrogens with one attached hydrogen (secondary N) is 1. The molecule has 0 aliphatic rings. The molecule has 2 aromatic heterocycles. The zero-order valence-corrected chi connectivity index (χ0v) is 16.2. The molecule has 0 bridgehead atoms. The van der Waals surface area contributed by atoms with Crippen molar-refractivity contribution in [3.63, 3.8) is 0 Å². The molecule has 158 valence electrons. The van der Waals surface area contributed by atoms with E-state index < -0.39 is 23.8 Å². The Labute approximate surface area is 174 Å². The highest BCUT2D eigenvalue weighted by Crippen LogP contribution is 2.36. The highest BCUT2D eigenvalue weighted by molar-refractivity contribution is 5.70. The van der Waals surface area contributed by atoms with Crippen LogP contribution in [0.3, 0.4) is 0 Å². The molecular weight excluding hydrogens is 412 g/mol. The maximum Gasteiger partial charge on any atom is 0.435 e. The standard InChI is InChI=1S/C22H16F4N4O/c1-13(17-12-28-30-21(17)22(24,25)26)31-20-10-15(7-8-18(20)23)16-9-19(29-27-11-16)14-5-3-2-4-6-14/h2-13H,1H3,(H,28,30). The summed E-state index contributed by atoms with van der Waals surface area (Å²) in [7, 11) is 0. The average Bonchev–Trinajstić information content (AvgIpc) is 3.27. The number of nitrogens with zero attached hydrogens (tertiary/aromatic N) is 3. The quantitative estimate of drug-likeness (QED) is 0.406. The maximum absolute atomic E-state index is 14.4. The number of hydrogen-bond donors (Lipinski definition) is 1. The van der Waals surface area contributed by atoms with Gasteiger partial charge in [0.05, 0.1) is 11.9 Å². The van der Waals surface area contributed by atoms with Crippen LogP contribution < -0.4 is 4.74 Å². The summed E-state index contributed by atoms with van der Waals surface area (Å²) in [6.45, 7) is 1.40. The minimum atomic E-state index is -4.65. The van der Waals surface area contributed by atoms with Gasteiger partial charge in [-0.1, -0.05) is 36.4 Å². The number of benzene rings is 2. The molecule has 31 heavy (non-hydrogen) atoms. The lowest BCUT2D eigenvalue weighted by Gasteiger charge is -2.17. The lowest BCUT2D eigenvalue weighted by Crippen LogP contribution is -2.13. The van der Waals surface area contributed by atoms with Crippen molar-refractivity contribution < 1.29 is 22.3 Å². The van der Waals surface area contributed by atoms with Crippen LogP contribution in [0.5, 0.6) is 5.75 Å². The Morgan fingerprint density at radius 3 is 2.48 bits per heavy atom.